The molecule has 0 saturated carbocycles. The van der Waals surface area contributed by atoms with Crippen molar-refractivity contribution in [3.8, 4) is 0 Å². The van der Waals surface area contributed by atoms with Crippen molar-refractivity contribution in [1.82, 2.24) is 9.80 Å². The van der Waals surface area contributed by atoms with Gasteiger partial charge in [0.15, 0.2) is 0 Å². The number of rotatable bonds is 0. The van der Waals surface area contributed by atoms with Gasteiger partial charge in [0.25, 0.3) is 0 Å². The minimum atomic E-state index is 0.869. The van der Waals surface area contributed by atoms with Crippen LogP contribution < -0.4 is 0 Å². The molecule has 0 aromatic rings. The first-order valence-corrected chi connectivity index (χ1v) is 4.69. The lowest BCUT2D eigenvalue weighted by Gasteiger charge is -2.36. The zero-order valence-electron chi connectivity index (χ0n) is 7.58. The number of hydrogen-bond acceptors (Lipinski definition) is 2. The van der Waals surface area contributed by atoms with Crippen LogP contribution in [0.2, 0.25) is 0 Å². The molecule has 2 aliphatic heterocycles. The zero-order valence-corrected chi connectivity index (χ0v) is 7.58. The standard InChI is InChI=1S/C9H18N2/c1-10-6-3-4-8-9(10)5-7-11(8)2/h8-9H,3-7H2,1-2H3. The van der Waals surface area contributed by atoms with E-state index in [1.807, 2.05) is 0 Å². The first kappa shape index (κ1) is 7.56. The predicted octanol–water partition coefficient (Wildman–Crippen LogP) is 0.785. The molecule has 0 aromatic carbocycles. The third-order valence-electron chi connectivity index (χ3n) is 3.36. The molecule has 2 aliphatic rings. The van der Waals surface area contributed by atoms with Crippen LogP contribution in [0.3, 0.4) is 0 Å². The highest BCUT2D eigenvalue weighted by Gasteiger charge is 2.36. The molecular weight excluding hydrogens is 136 g/mol. The molecular formula is C9H18N2. The molecule has 64 valence electrons. The molecule has 2 saturated heterocycles. The first-order chi connectivity index (χ1) is 5.29. The molecule has 0 spiro atoms. The molecule has 11 heavy (non-hydrogen) atoms. The molecule has 2 unspecified atom stereocenters. The highest BCUT2D eigenvalue weighted by atomic mass is 15.3. The summed E-state index contributed by atoms with van der Waals surface area (Å²) in [7, 11) is 4.54. The van der Waals surface area contributed by atoms with Crippen LogP contribution in [0, 0.1) is 0 Å². The van der Waals surface area contributed by atoms with Gasteiger partial charge in [-0.3, -0.25) is 0 Å². The second kappa shape index (κ2) is 2.76. The number of fused-ring (bicyclic) bond motifs is 1. The van der Waals surface area contributed by atoms with Crippen LogP contribution in [0.4, 0.5) is 0 Å². The van der Waals surface area contributed by atoms with Gasteiger partial charge in [-0.05, 0) is 46.4 Å². The molecule has 2 atom stereocenters. The lowest BCUT2D eigenvalue weighted by atomic mass is 9.98. The Morgan fingerprint density at radius 2 is 1.55 bits per heavy atom. The van der Waals surface area contributed by atoms with Crippen LogP contribution in [0.5, 0.6) is 0 Å². The predicted molar refractivity (Wildman–Crippen MR) is 46.7 cm³/mol. The lowest BCUT2D eigenvalue weighted by Crippen LogP contribution is -2.46. The van der Waals surface area contributed by atoms with Crippen molar-refractivity contribution in [2.24, 2.45) is 0 Å². The van der Waals surface area contributed by atoms with Gasteiger partial charge in [0.2, 0.25) is 0 Å². The third-order valence-corrected chi connectivity index (χ3v) is 3.36. The summed E-state index contributed by atoms with van der Waals surface area (Å²) in [4.78, 5) is 5.07. The quantitative estimate of drug-likeness (QED) is 0.509. The van der Waals surface area contributed by atoms with E-state index in [-0.39, 0.29) is 0 Å². The Morgan fingerprint density at radius 3 is 2.27 bits per heavy atom. The molecule has 0 amide bonds. The van der Waals surface area contributed by atoms with Gasteiger partial charge in [-0.2, -0.15) is 0 Å². The Balaban J connectivity index is 2.07. The van der Waals surface area contributed by atoms with Crippen molar-refractivity contribution in [1.29, 1.82) is 0 Å². The smallest absolute Gasteiger partial charge is 0.0260 e. The molecule has 0 aliphatic carbocycles. The van der Waals surface area contributed by atoms with Crippen molar-refractivity contribution >= 4 is 0 Å². The summed E-state index contributed by atoms with van der Waals surface area (Å²) < 4.78 is 0. The molecule has 2 rings (SSSR count). The summed E-state index contributed by atoms with van der Waals surface area (Å²) >= 11 is 0. The zero-order chi connectivity index (χ0) is 7.84. The van der Waals surface area contributed by atoms with E-state index in [9.17, 15) is 0 Å². The van der Waals surface area contributed by atoms with E-state index in [0.29, 0.717) is 0 Å². The fourth-order valence-electron chi connectivity index (χ4n) is 2.63. The van der Waals surface area contributed by atoms with E-state index in [4.69, 9.17) is 0 Å². The van der Waals surface area contributed by atoms with Crippen LogP contribution in [-0.4, -0.2) is 49.1 Å². The highest BCUT2D eigenvalue weighted by molar-refractivity contribution is 4.93. The van der Waals surface area contributed by atoms with Gasteiger partial charge in [-0.1, -0.05) is 0 Å². The van der Waals surface area contributed by atoms with Crippen LogP contribution in [0.25, 0.3) is 0 Å². The van der Waals surface area contributed by atoms with Gasteiger partial charge in [-0.15, -0.1) is 0 Å². The van der Waals surface area contributed by atoms with Gasteiger partial charge < -0.3 is 9.80 Å². The number of likely N-dealkylation sites (tertiary alicyclic amines) is 2. The van der Waals surface area contributed by atoms with Gasteiger partial charge in [0.1, 0.15) is 0 Å². The summed E-state index contributed by atoms with van der Waals surface area (Å²) in [5.74, 6) is 0. The second-order valence-electron chi connectivity index (χ2n) is 4.03. The molecule has 0 N–H and O–H groups in total. The average Bonchev–Trinajstić information content (AvgIpc) is 2.35. The Hall–Kier alpha value is -0.0800. The largest absolute Gasteiger partial charge is 0.302 e. The number of nitrogens with zero attached hydrogens (tertiary/aromatic N) is 2. The number of piperidine rings is 1. The van der Waals surface area contributed by atoms with E-state index in [1.54, 1.807) is 0 Å². The molecule has 2 fully saturated rings. The summed E-state index contributed by atoms with van der Waals surface area (Å²) in [6.45, 7) is 2.62. The average molecular weight is 154 g/mol. The molecule has 0 aromatic heterocycles. The summed E-state index contributed by atoms with van der Waals surface area (Å²) in [5, 5.41) is 0. The SMILES string of the molecule is CN1CCCC2C1CCN2C. The number of hydrogen-bond donors (Lipinski definition) is 0. The van der Waals surface area contributed by atoms with E-state index < -0.39 is 0 Å². The fraction of sp³-hybridized carbons (Fsp3) is 1.00. The topological polar surface area (TPSA) is 6.48 Å². The van der Waals surface area contributed by atoms with Gasteiger partial charge in [0.05, 0.1) is 0 Å². The molecule has 2 nitrogen and oxygen atoms in total. The van der Waals surface area contributed by atoms with Crippen LogP contribution in [0.1, 0.15) is 19.3 Å². The molecule has 2 heterocycles. The monoisotopic (exact) mass is 154 g/mol. The van der Waals surface area contributed by atoms with Gasteiger partial charge in [0, 0.05) is 12.1 Å². The van der Waals surface area contributed by atoms with Crippen LogP contribution >= 0.6 is 0 Å². The molecule has 0 bridgehead atoms. The van der Waals surface area contributed by atoms with Crippen molar-refractivity contribution in [2.75, 3.05) is 27.2 Å². The maximum Gasteiger partial charge on any atom is 0.0260 e. The van der Waals surface area contributed by atoms with Gasteiger partial charge in [-0.25, -0.2) is 0 Å². The Kier molecular flexibility index (Phi) is 1.90. The summed E-state index contributed by atoms with van der Waals surface area (Å²) in [6, 6.07) is 1.74. The number of likely N-dealkylation sites (N-methyl/N-ethyl adjacent to an activating group) is 2. The van der Waals surface area contributed by atoms with Crippen molar-refractivity contribution in [3.05, 3.63) is 0 Å². The fourth-order valence-corrected chi connectivity index (χ4v) is 2.63. The Morgan fingerprint density at radius 1 is 0.909 bits per heavy atom. The lowest BCUT2D eigenvalue weighted by molar-refractivity contribution is 0.130. The Labute approximate surface area is 69.2 Å². The summed E-state index contributed by atoms with van der Waals surface area (Å²) in [6.07, 6.45) is 4.20. The first-order valence-electron chi connectivity index (χ1n) is 4.69. The Bertz CT molecular complexity index is 144. The molecule has 2 heteroatoms. The third kappa shape index (κ3) is 1.18. The molecule has 0 radical (unpaired) electrons. The second-order valence-corrected chi connectivity index (χ2v) is 4.03. The highest BCUT2D eigenvalue weighted by Crippen LogP contribution is 2.27. The van der Waals surface area contributed by atoms with E-state index >= 15 is 0 Å². The van der Waals surface area contributed by atoms with Crippen LogP contribution in [-0.2, 0) is 0 Å². The van der Waals surface area contributed by atoms with Crippen molar-refractivity contribution in [3.63, 3.8) is 0 Å². The van der Waals surface area contributed by atoms with E-state index in [2.05, 4.69) is 23.9 Å². The maximum atomic E-state index is 2.54. The normalized spacial score (nSPS) is 40.9. The summed E-state index contributed by atoms with van der Waals surface area (Å²) in [5.41, 5.74) is 0. The van der Waals surface area contributed by atoms with Crippen molar-refractivity contribution < 1.29 is 0 Å². The van der Waals surface area contributed by atoms with Crippen molar-refractivity contribution in [2.45, 2.75) is 31.3 Å². The minimum Gasteiger partial charge on any atom is -0.302 e. The van der Waals surface area contributed by atoms with E-state index in [1.165, 1.54) is 32.4 Å². The van der Waals surface area contributed by atoms with E-state index in [0.717, 1.165) is 12.1 Å². The van der Waals surface area contributed by atoms with Gasteiger partial charge >= 0.3 is 0 Å². The maximum absolute atomic E-state index is 2.54. The minimum absolute atomic E-state index is 0.869. The van der Waals surface area contributed by atoms with Crippen LogP contribution in [0.15, 0.2) is 0 Å².